The number of piperidine rings is 1. The van der Waals surface area contributed by atoms with Gasteiger partial charge in [-0.05, 0) is 36.6 Å². The smallest absolute Gasteiger partial charge is 0.0992 e. The van der Waals surface area contributed by atoms with E-state index in [-0.39, 0.29) is 0 Å². The summed E-state index contributed by atoms with van der Waals surface area (Å²) in [6.07, 6.45) is 1.44. The van der Waals surface area contributed by atoms with Crippen LogP contribution in [0.25, 0.3) is 0 Å². The summed E-state index contributed by atoms with van der Waals surface area (Å²) in [7, 11) is 1.78. The third-order valence-corrected chi connectivity index (χ3v) is 4.20. The van der Waals surface area contributed by atoms with Crippen LogP contribution in [0.15, 0.2) is 18.2 Å². The van der Waals surface area contributed by atoms with E-state index in [1.54, 1.807) is 13.2 Å². The van der Waals surface area contributed by atoms with E-state index in [1.807, 2.05) is 12.1 Å². The molecule has 1 heterocycles. The van der Waals surface area contributed by atoms with Crippen LogP contribution < -0.4 is 0 Å². The molecule has 4 heteroatoms. The maximum Gasteiger partial charge on any atom is 0.0992 e. The van der Waals surface area contributed by atoms with Gasteiger partial charge in [-0.25, -0.2) is 0 Å². The van der Waals surface area contributed by atoms with Crippen molar-refractivity contribution < 1.29 is 4.74 Å². The predicted octanol–water partition coefficient (Wildman–Crippen LogP) is 3.07. The Balaban J connectivity index is 2.04. The fourth-order valence-corrected chi connectivity index (χ4v) is 2.77. The monoisotopic (exact) mass is 278 g/mol. The van der Waals surface area contributed by atoms with E-state index in [2.05, 4.69) is 17.9 Å². The average molecular weight is 279 g/mol. The lowest BCUT2D eigenvalue weighted by Gasteiger charge is -2.36. The van der Waals surface area contributed by atoms with E-state index in [9.17, 15) is 0 Å². The van der Waals surface area contributed by atoms with Crippen molar-refractivity contribution in [3.05, 3.63) is 34.3 Å². The van der Waals surface area contributed by atoms with E-state index in [0.29, 0.717) is 22.6 Å². The summed E-state index contributed by atoms with van der Waals surface area (Å²) in [6.45, 7) is 5.06. The first-order valence-corrected chi connectivity index (χ1v) is 6.95. The van der Waals surface area contributed by atoms with Gasteiger partial charge in [0.05, 0.1) is 17.7 Å². The van der Waals surface area contributed by atoms with Gasteiger partial charge in [-0.3, -0.25) is 4.90 Å². The second-order valence-corrected chi connectivity index (χ2v) is 5.60. The van der Waals surface area contributed by atoms with Crippen molar-refractivity contribution in [2.24, 2.45) is 5.92 Å². The number of benzene rings is 1. The third kappa shape index (κ3) is 3.48. The molecule has 0 spiro atoms. The second-order valence-electron chi connectivity index (χ2n) is 5.19. The lowest BCUT2D eigenvalue weighted by Crippen LogP contribution is -2.43. The molecule has 1 fully saturated rings. The van der Waals surface area contributed by atoms with Gasteiger partial charge in [0.25, 0.3) is 0 Å². The Morgan fingerprint density at radius 2 is 2.32 bits per heavy atom. The van der Waals surface area contributed by atoms with Gasteiger partial charge in [-0.2, -0.15) is 5.26 Å². The van der Waals surface area contributed by atoms with Gasteiger partial charge in [0.1, 0.15) is 0 Å². The number of likely N-dealkylation sites (tertiary alicyclic amines) is 1. The lowest BCUT2D eigenvalue weighted by molar-refractivity contribution is -0.00744. The molecule has 1 aromatic rings. The quantitative estimate of drug-likeness (QED) is 0.853. The van der Waals surface area contributed by atoms with Crippen LogP contribution in [-0.2, 0) is 11.3 Å². The van der Waals surface area contributed by atoms with Crippen molar-refractivity contribution >= 4 is 11.6 Å². The molecule has 0 saturated carbocycles. The van der Waals surface area contributed by atoms with Crippen LogP contribution in [0.4, 0.5) is 0 Å². The highest BCUT2D eigenvalue weighted by atomic mass is 35.5. The number of nitrogens with zero attached hydrogens (tertiary/aromatic N) is 2. The molecular formula is C15H19ClN2O. The Bertz CT molecular complexity index is 484. The molecule has 0 N–H and O–H groups in total. The van der Waals surface area contributed by atoms with Crippen LogP contribution in [-0.4, -0.2) is 31.2 Å². The minimum Gasteiger partial charge on any atom is -0.380 e. The summed E-state index contributed by atoms with van der Waals surface area (Å²) < 4.78 is 5.52. The van der Waals surface area contributed by atoms with Gasteiger partial charge in [0.15, 0.2) is 0 Å². The van der Waals surface area contributed by atoms with Gasteiger partial charge in [-0.1, -0.05) is 24.6 Å². The summed E-state index contributed by atoms with van der Waals surface area (Å²) >= 11 is 6.22. The van der Waals surface area contributed by atoms with Crippen LogP contribution in [0.3, 0.4) is 0 Å². The Morgan fingerprint density at radius 3 is 2.95 bits per heavy atom. The zero-order valence-electron chi connectivity index (χ0n) is 11.4. The molecule has 1 aromatic carbocycles. The number of halogens is 1. The van der Waals surface area contributed by atoms with Crippen molar-refractivity contribution in [1.29, 1.82) is 5.26 Å². The van der Waals surface area contributed by atoms with Gasteiger partial charge < -0.3 is 4.74 Å². The van der Waals surface area contributed by atoms with Crippen LogP contribution in [0.2, 0.25) is 5.02 Å². The number of hydrogen-bond donors (Lipinski definition) is 0. The van der Waals surface area contributed by atoms with Crippen molar-refractivity contribution in [1.82, 2.24) is 4.90 Å². The largest absolute Gasteiger partial charge is 0.380 e. The molecule has 0 radical (unpaired) electrons. The molecule has 0 amide bonds. The van der Waals surface area contributed by atoms with E-state index in [0.717, 1.165) is 31.6 Å². The van der Waals surface area contributed by atoms with E-state index in [4.69, 9.17) is 21.6 Å². The highest BCUT2D eigenvalue weighted by molar-refractivity contribution is 6.31. The molecule has 19 heavy (non-hydrogen) atoms. The van der Waals surface area contributed by atoms with Gasteiger partial charge in [0, 0.05) is 25.2 Å². The first-order valence-electron chi connectivity index (χ1n) is 6.57. The minimum absolute atomic E-state index is 0.297. The molecule has 1 saturated heterocycles. The number of ether oxygens (including phenoxy) is 1. The number of nitriles is 1. The Hall–Kier alpha value is -1.08. The van der Waals surface area contributed by atoms with E-state index in [1.165, 1.54) is 0 Å². The van der Waals surface area contributed by atoms with Gasteiger partial charge in [0.2, 0.25) is 0 Å². The molecule has 2 unspecified atom stereocenters. The molecule has 1 aliphatic rings. The molecule has 1 aliphatic heterocycles. The highest BCUT2D eigenvalue weighted by Crippen LogP contribution is 2.24. The normalized spacial score (nSPS) is 24.1. The standard InChI is InChI=1S/C15H19ClN2O/c1-11-5-6-18(10-15(11)19-2)9-13-4-3-12(8-17)7-14(13)16/h3-4,7,11,15H,5-6,9-10H2,1-2H3. The number of hydrogen-bond acceptors (Lipinski definition) is 3. The van der Waals surface area contributed by atoms with E-state index < -0.39 is 0 Å². The highest BCUT2D eigenvalue weighted by Gasteiger charge is 2.26. The summed E-state index contributed by atoms with van der Waals surface area (Å²) in [4.78, 5) is 2.36. The SMILES string of the molecule is COC1CN(Cc2ccc(C#N)cc2Cl)CCC1C. The average Bonchev–Trinajstić information content (AvgIpc) is 2.43. The first-order chi connectivity index (χ1) is 9.13. The first kappa shape index (κ1) is 14.3. The van der Waals surface area contributed by atoms with Crippen molar-refractivity contribution in [3.63, 3.8) is 0 Å². The minimum atomic E-state index is 0.297. The molecule has 0 aliphatic carbocycles. The molecule has 0 aromatic heterocycles. The predicted molar refractivity (Wildman–Crippen MR) is 76.0 cm³/mol. The van der Waals surface area contributed by atoms with Gasteiger partial charge in [-0.15, -0.1) is 0 Å². The molecule has 2 rings (SSSR count). The second kappa shape index (κ2) is 6.38. The molecule has 3 nitrogen and oxygen atoms in total. The summed E-state index contributed by atoms with van der Waals surface area (Å²) in [5.74, 6) is 0.609. The maximum absolute atomic E-state index is 8.83. The Labute approximate surface area is 119 Å². The number of methoxy groups -OCH3 is 1. The molecule has 102 valence electrons. The Morgan fingerprint density at radius 1 is 1.53 bits per heavy atom. The summed E-state index contributed by atoms with van der Waals surface area (Å²) in [5.41, 5.74) is 1.68. The van der Waals surface area contributed by atoms with Crippen LogP contribution in [0.5, 0.6) is 0 Å². The zero-order valence-corrected chi connectivity index (χ0v) is 12.2. The Kier molecular flexibility index (Phi) is 4.81. The van der Waals surface area contributed by atoms with E-state index >= 15 is 0 Å². The maximum atomic E-state index is 8.83. The zero-order chi connectivity index (χ0) is 13.8. The molecule has 2 atom stereocenters. The fourth-order valence-electron chi connectivity index (χ4n) is 2.53. The van der Waals surface area contributed by atoms with Crippen molar-refractivity contribution in [2.75, 3.05) is 20.2 Å². The number of rotatable bonds is 3. The molecule has 0 bridgehead atoms. The molecular weight excluding hydrogens is 260 g/mol. The van der Waals surface area contributed by atoms with Crippen molar-refractivity contribution in [3.8, 4) is 6.07 Å². The lowest BCUT2D eigenvalue weighted by atomic mass is 9.95. The van der Waals surface area contributed by atoms with Crippen LogP contribution in [0, 0.1) is 17.2 Å². The fraction of sp³-hybridized carbons (Fsp3) is 0.533. The summed E-state index contributed by atoms with van der Waals surface area (Å²) in [5, 5.41) is 9.51. The van der Waals surface area contributed by atoms with Gasteiger partial charge >= 0.3 is 0 Å². The van der Waals surface area contributed by atoms with Crippen molar-refractivity contribution in [2.45, 2.75) is 26.0 Å². The van der Waals surface area contributed by atoms with Crippen LogP contribution in [0.1, 0.15) is 24.5 Å². The third-order valence-electron chi connectivity index (χ3n) is 3.85. The summed E-state index contributed by atoms with van der Waals surface area (Å²) in [6, 6.07) is 7.60. The topological polar surface area (TPSA) is 36.3 Å². The van der Waals surface area contributed by atoms with Crippen LogP contribution >= 0.6 is 11.6 Å².